The molecule has 3 N–H and O–H groups in total. The maximum Gasteiger partial charge on any atom is 0.251 e. The summed E-state index contributed by atoms with van der Waals surface area (Å²) in [6, 6.07) is 16.8. The summed E-state index contributed by atoms with van der Waals surface area (Å²) in [5.41, 5.74) is 6.39. The number of carbonyl (C=O) groups is 1. The van der Waals surface area contributed by atoms with E-state index in [9.17, 15) is 15.0 Å². The van der Waals surface area contributed by atoms with E-state index in [1.807, 2.05) is 54.3 Å². The number of anilines is 1. The fourth-order valence-corrected chi connectivity index (χ4v) is 4.71. The van der Waals surface area contributed by atoms with E-state index >= 15 is 0 Å². The fraction of sp³-hybridized carbons (Fsp3) is 0.226. The monoisotopic (exact) mass is 521 g/mol. The number of fused-ring (bicyclic) bond motifs is 1. The van der Waals surface area contributed by atoms with Gasteiger partial charge in [-0.05, 0) is 78.6 Å². The Morgan fingerprint density at radius 2 is 1.82 bits per heavy atom. The van der Waals surface area contributed by atoms with Crippen LogP contribution in [-0.2, 0) is 6.54 Å². The van der Waals surface area contributed by atoms with Crippen LogP contribution in [-0.4, -0.2) is 50.3 Å². The lowest BCUT2D eigenvalue weighted by atomic mass is 9.99. The Balaban J connectivity index is 1.34. The summed E-state index contributed by atoms with van der Waals surface area (Å²) in [4.78, 5) is 28.9. The van der Waals surface area contributed by atoms with Crippen LogP contribution < -0.4 is 10.2 Å². The van der Waals surface area contributed by atoms with Gasteiger partial charge in [-0.15, -0.1) is 0 Å². The second kappa shape index (κ2) is 10.8. The van der Waals surface area contributed by atoms with Crippen molar-refractivity contribution in [3.8, 4) is 11.4 Å². The molecule has 4 heterocycles. The number of nitrogens with zero attached hydrogens (tertiary/aromatic N) is 4. The molecule has 39 heavy (non-hydrogen) atoms. The molecule has 0 radical (unpaired) electrons. The molecular formula is C31H31N5O3. The minimum absolute atomic E-state index is 0.237. The van der Waals surface area contributed by atoms with E-state index in [2.05, 4.69) is 23.5 Å². The van der Waals surface area contributed by atoms with E-state index in [1.165, 1.54) is 0 Å². The van der Waals surface area contributed by atoms with Crippen molar-refractivity contribution in [2.45, 2.75) is 32.6 Å². The first-order valence-electron chi connectivity index (χ1n) is 12.8. The first-order chi connectivity index (χ1) is 18.7. The largest absolute Gasteiger partial charge is 0.389 e. The van der Waals surface area contributed by atoms with Crippen molar-refractivity contribution in [3.63, 3.8) is 0 Å². The van der Waals surface area contributed by atoms with Gasteiger partial charge in [-0.1, -0.05) is 25.3 Å². The Labute approximate surface area is 227 Å². The van der Waals surface area contributed by atoms with Gasteiger partial charge in [0.2, 0.25) is 0 Å². The van der Waals surface area contributed by atoms with Gasteiger partial charge in [0.05, 0.1) is 41.4 Å². The van der Waals surface area contributed by atoms with Gasteiger partial charge in [-0.2, -0.15) is 0 Å². The van der Waals surface area contributed by atoms with Crippen LogP contribution in [0.4, 0.5) is 5.82 Å². The zero-order valence-electron chi connectivity index (χ0n) is 22.1. The highest BCUT2D eigenvalue weighted by atomic mass is 16.3. The number of hydrogen-bond acceptors (Lipinski definition) is 7. The smallest absolute Gasteiger partial charge is 0.251 e. The van der Waals surface area contributed by atoms with Gasteiger partial charge in [0.1, 0.15) is 5.82 Å². The molecule has 1 fully saturated rings. The second-order valence-electron chi connectivity index (χ2n) is 9.95. The number of rotatable bonds is 6. The molecule has 1 aliphatic heterocycles. The third-order valence-corrected chi connectivity index (χ3v) is 6.93. The number of aromatic nitrogens is 3. The summed E-state index contributed by atoms with van der Waals surface area (Å²) in [6.07, 6.45) is 0.408. The van der Waals surface area contributed by atoms with Crippen LogP contribution in [0.3, 0.4) is 0 Å². The summed E-state index contributed by atoms with van der Waals surface area (Å²) in [7, 11) is 0. The summed E-state index contributed by atoms with van der Waals surface area (Å²) < 4.78 is 0. The summed E-state index contributed by atoms with van der Waals surface area (Å²) in [5, 5.41) is 23.9. The van der Waals surface area contributed by atoms with Crippen molar-refractivity contribution in [1.82, 2.24) is 20.3 Å². The van der Waals surface area contributed by atoms with Crippen LogP contribution in [0.1, 0.15) is 40.2 Å². The van der Waals surface area contributed by atoms with Crippen LogP contribution in [0.15, 0.2) is 85.1 Å². The molecule has 198 valence electrons. The van der Waals surface area contributed by atoms with Crippen molar-refractivity contribution in [1.29, 1.82) is 0 Å². The lowest BCUT2D eigenvalue weighted by Crippen LogP contribution is -2.39. The van der Waals surface area contributed by atoms with Gasteiger partial charge in [-0.3, -0.25) is 9.78 Å². The number of carbonyl (C=O) groups excluding carboxylic acids is 1. The fourth-order valence-electron chi connectivity index (χ4n) is 4.71. The predicted octanol–water partition coefficient (Wildman–Crippen LogP) is 4.28. The van der Waals surface area contributed by atoms with E-state index < -0.39 is 12.2 Å². The minimum atomic E-state index is -0.683. The summed E-state index contributed by atoms with van der Waals surface area (Å²) >= 11 is 0. The van der Waals surface area contributed by atoms with Crippen molar-refractivity contribution in [2.75, 3.05) is 18.0 Å². The molecule has 1 saturated heterocycles. The number of pyridine rings is 3. The molecule has 0 aliphatic carbocycles. The zero-order valence-corrected chi connectivity index (χ0v) is 22.1. The highest BCUT2D eigenvalue weighted by Crippen LogP contribution is 2.26. The van der Waals surface area contributed by atoms with E-state index in [1.54, 1.807) is 25.3 Å². The topological polar surface area (TPSA) is 111 Å². The molecule has 1 aromatic carbocycles. The van der Waals surface area contributed by atoms with Crippen LogP contribution in [0.5, 0.6) is 0 Å². The quantitative estimate of drug-likeness (QED) is 0.325. The molecule has 4 aromatic rings. The Bertz CT molecular complexity index is 1580. The Kier molecular flexibility index (Phi) is 7.24. The van der Waals surface area contributed by atoms with Gasteiger partial charge in [-0.25, -0.2) is 9.97 Å². The van der Waals surface area contributed by atoms with Crippen LogP contribution >= 0.6 is 0 Å². The molecule has 0 saturated carbocycles. The van der Waals surface area contributed by atoms with Crippen molar-refractivity contribution in [2.24, 2.45) is 0 Å². The number of benzene rings is 1. The minimum Gasteiger partial charge on any atom is -0.389 e. The second-order valence-corrected chi connectivity index (χ2v) is 9.95. The predicted molar refractivity (Wildman–Crippen MR) is 152 cm³/mol. The lowest BCUT2D eigenvalue weighted by molar-refractivity contribution is 0.0950. The lowest BCUT2D eigenvalue weighted by Gasteiger charge is -2.34. The van der Waals surface area contributed by atoms with E-state index in [-0.39, 0.29) is 12.5 Å². The van der Waals surface area contributed by atoms with E-state index in [4.69, 9.17) is 9.97 Å². The summed E-state index contributed by atoms with van der Waals surface area (Å²) in [6.45, 7) is 12.8. The summed E-state index contributed by atoms with van der Waals surface area (Å²) in [5.74, 6) is 0.522. The first-order valence-corrected chi connectivity index (χ1v) is 12.8. The Hall–Kier alpha value is -4.40. The normalized spacial score (nSPS) is 15.0. The standard InChI is InChI=1S/C31H31N5O3/c1-18-8-9-22(12-25(18)21(4)37)31(39)33-15-24-13-28-23(14-32-24)10-11-27(34-28)26-6-5-7-29(35-26)36-16-19(2)30(38)20(3)17-36/h5-14,21,30,37-38H,2-3,15-17H2,1,4H3,(H,33,39)/t21-/m1/s1. The number of piperidine rings is 1. The number of nitrogens with one attached hydrogen (secondary N) is 1. The molecule has 1 atom stereocenters. The van der Waals surface area contributed by atoms with Gasteiger partial charge in [0, 0.05) is 30.2 Å². The molecular weight excluding hydrogens is 490 g/mol. The maximum atomic E-state index is 12.8. The van der Waals surface area contributed by atoms with Gasteiger partial charge in [0.25, 0.3) is 5.91 Å². The van der Waals surface area contributed by atoms with Crippen molar-refractivity contribution in [3.05, 3.63) is 107 Å². The van der Waals surface area contributed by atoms with Crippen molar-refractivity contribution >= 4 is 22.6 Å². The molecule has 5 rings (SSSR count). The Morgan fingerprint density at radius 1 is 1.08 bits per heavy atom. The number of aliphatic hydroxyl groups excluding tert-OH is 2. The highest BCUT2D eigenvalue weighted by Gasteiger charge is 2.25. The van der Waals surface area contributed by atoms with E-state index in [0.29, 0.717) is 41.2 Å². The first kappa shape index (κ1) is 26.2. The molecule has 0 bridgehead atoms. The van der Waals surface area contributed by atoms with Crippen LogP contribution in [0.2, 0.25) is 0 Å². The molecule has 1 amide bonds. The SMILES string of the molecule is C=C1CN(c2cccc(-c3ccc4cnc(CNC(=O)c5ccc(C)c([C@@H](C)O)c5)cc4n3)n2)CC(=C)C1O. The third-order valence-electron chi connectivity index (χ3n) is 6.93. The number of aryl methyl sites for hydroxylation is 1. The Morgan fingerprint density at radius 3 is 2.56 bits per heavy atom. The maximum absolute atomic E-state index is 12.8. The zero-order chi connectivity index (χ0) is 27.7. The molecule has 3 aromatic heterocycles. The average molecular weight is 522 g/mol. The average Bonchev–Trinajstić information content (AvgIpc) is 2.94. The number of hydrogen-bond donors (Lipinski definition) is 3. The number of amides is 1. The van der Waals surface area contributed by atoms with E-state index in [0.717, 1.165) is 33.5 Å². The van der Waals surface area contributed by atoms with Gasteiger partial charge >= 0.3 is 0 Å². The van der Waals surface area contributed by atoms with Gasteiger partial charge < -0.3 is 20.4 Å². The van der Waals surface area contributed by atoms with Crippen molar-refractivity contribution < 1.29 is 15.0 Å². The highest BCUT2D eigenvalue weighted by molar-refractivity contribution is 5.94. The van der Waals surface area contributed by atoms with Crippen LogP contribution in [0.25, 0.3) is 22.3 Å². The number of aliphatic hydroxyl groups is 2. The molecule has 8 heteroatoms. The molecule has 0 spiro atoms. The molecule has 0 unspecified atom stereocenters. The molecule has 8 nitrogen and oxygen atoms in total. The van der Waals surface area contributed by atoms with Gasteiger partial charge in [0.15, 0.2) is 0 Å². The molecule has 1 aliphatic rings. The third kappa shape index (κ3) is 5.57. The van der Waals surface area contributed by atoms with Crippen LogP contribution in [0, 0.1) is 6.92 Å².